The highest BCUT2D eigenvalue weighted by Gasteiger charge is 2.35. The van der Waals surface area contributed by atoms with Crippen LogP contribution in [0.25, 0.3) is 0 Å². The van der Waals surface area contributed by atoms with Crippen LogP contribution in [0.1, 0.15) is 22.7 Å². The first-order valence-electron chi connectivity index (χ1n) is 8.12. The van der Waals surface area contributed by atoms with Gasteiger partial charge in [0.15, 0.2) is 0 Å². The molecule has 3 N–H and O–H groups in total. The van der Waals surface area contributed by atoms with Crippen molar-refractivity contribution in [1.82, 2.24) is 16.0 Å². The van der Waals surface area contributed by atoms with Crippen LogP contribution in [-0.2, 0) is 11.0 Å². The van der Waals surface area contributed by atoms with E-state index in [0.29, 0.717) is 22.7 Å². The van der Waals surface area contributed by atoms with E-state index in [1.165, 1.54) is 24.3 Å². The number of rotatable bonds is 4. The molecule has 0 radical (unpaired) electrons. The minimum absolute atomic E-state index is 0.0293. The Bertz CT molecular complexity index is 903. The van der Waals surface area contributed by atoms with Gasteiger partial charge in [0.05, 0.1) is 11.6 Å². The van der Waals surface area contributed by atoms with Gasteiger partial charge in [-0.3, -0.25) is 4.79 Å². The second kappa shape index (κ2) is 7.67. The molecule has 1 aliphatic heterocycles. The Balaban J connectivity index is 1.98. The van der Waals surface area contributed by atoms with E-state index in [4.69, 9.17) is 11.6 Å². The maximum Gasteiger partial charge on any atom is 0.419 e. The molecule has 148 valence electrons. The van der Waals surface area contributed by atoms with Crippen LogP contribution in [0.4, 0.5) is 22.4 Å². The molecule has 2 atom stereocenters. The topological polar surface area (TPSA) is 70.2 Å². The summed E-state index contributed by atoms with van der Waals surface area (Å²) in [6.45, 7) is 0.0369. The molecule has 0 aromatic heterocycles. The van der Waals surface area contributed by atoms with Gasteiger partial charge in [0, 0.05) is 11.6 Å². The van der Waals surface area contributed by atoms with E-state index in [1.54, 1.807) is 0 Å². The summed E-state index contributed by atoms with van der Waals surface area (Å²) in [4.78, 5) is 23.7. The van der Waals surface area contributed by atoms with Crippen LogP contribution in [-0.4, -0.2) is 24.5 Å². The van der Waals surface area contributed by atoms with Crippen molar-refractivity contribution in [2.45, 2.75) is 18.3 Å². The lowest BCUT2D eigenvalue weighted by Crippen LogP contribution is -2.44. The van der Waals surface area contributed by atoms with Crippen molar-refractivity contribution in [2.24, 2.45) is 0 Å². The minimum atomic E-state index is -4.89. The molecule has 2 aromatic rings. The molecule has 3 amide bonds. The quantitative estimate of drug-likeness (QED) is 0.670. The van der Waals surface area contributed by atoms with Crippen LogP contribution < -0.4 is 16.0 Å². The van der Waals surface area contributed by atoms with Crippen LogP contribution in [0.3, 0.4) is 0 Å². The summed E-state index contributed by atoms with van der Waals surface area (Å²) in [5.74, 6) is -2.01. The van der Waals surface area contributed by atoms with Gasteiger partial charge in [-0.25, -0.2) is 9.18 Å². The number of amides is 3. The first-order chi connectivity index (χ1) is 13.1. The van der Waals surface area contributed by atoms with Gasteiger partial charge in [0.25, 0.3) is 0 Å². The highest BCUT2D eigenvalue weighted by Crippen LogP contribution is 2.34. The van der Waals surface area contributed by atoms with Gasteiger partial charge >= 0.3 is 12.2 Å². The van der Waals surface area contributed by atoms with Crippen molar-refractivity contribution >= 4 is 23.5 Å². The molecule has 1 unspecified atom stereocenters. The zero-order valence-corrected chi connectivity index (χ0v) is 14.9. The number of carbonyl (C=O) groups is 2. The molecule has 2 aromatic carbocycles. The lowest BCUT2D eigenvalue weighted by Gasteiger charge is -2.23. The molecule has 28 heavy (non-hydrogen) atoms. The predicted molar refractivity (Wildman–Crippen MR) is 93.2 cm³/mol. The van der Waals surface area contributed by atoms with Gasteiger partial charge in [0.1, 0.15) is 11.9 Å². The summed E-state index contributed by atoms with van der Waals surface area (Å²) < 4.78 is 52.9. The molecule has 1 aliphatic rings. The second-order valence-corrected chi connectivity index (χ2v) is 6.57. The van der Waals surface area contributed by atoms with Crippen molar-refractivity contribution in [2.75, 3.05) is 6.54 Å². The second-order valence-electron chi connectivity index (χ2n) is 6.14. The predicted octanol–water partition coefficient (Wildman–Crippen LogP) is 3.38. The molecule has 0 aliphatic carbocycles. The molecule has 3 rings (SSSR count). The van der Waals surface area contributed by atoms with Gasteiger partial charge < -0.3 is 16.0 Å². The Labute approximate surface area is 162 Å². The number of hydrogen-bond donors (Lipinski definition) is 3. The van der Waals surface area contributed by atoms with E-state index >= 15 is 0 Å². The average Bonchev–Trinajstić information content (AvgIpc) is 3.07. The van der Waals surface area contributed by atoms with Gasteiger partial charge in [-0.2, -0.15) is 13.2 Å². The lowest BCUT2D eigenvalue weighted by molar-refractivity contribution is -0.140. The molecule has 1 saturated heterocycles. The number of halogens is 5. The zero-order valence-electron chi connectivity index (χ0n) is 14.1. The van der Waals surface area contributed by atoms with E-state index in [9.17, 15) is 27.2 Å². The first kappa shape index (κ1) is 19.9. The van der Waals surface area contributed by atoms with Crippen molar-refractivity contribution < 1.29 is 27.2 Å². The molecule has 10 heteroatoms. The minimum Gasteiger partial charge on any atom is -0.343 e. The van der Waals surface area contributed by atoms with Gasteiger partial charge in [0.2, 0.25) is 5.91 Å². The van der Waals surface area contributed by atoms with Gasteiger partial charge in [-0.15, -0.1) is 0 Å². The molecule has 0 saturated carbocycles. The highest BCUT2D eigenvalue weighted by atomic mass is 35.5. The Morgan fingerprint density at radius 1 is 1.14 bits per heavy atom. The van der Waals surface area contributed by atoms with Crippen LogP contribution in [0.15, 0.2) is 42.5 Å². The third-order valence-electron chi connectivity index (χ3n) is 4.21. The molecule has 5 nitrogen and oxygen atoms in total. The maximum atomic E-state index is 13.7. The lowest BCUT2D eigenvalue weighted by atomic mass is 9.96. The standard InChI is InChI=1S/C18H14ClF4N3O2/c19-11-4-1-9(2-5-11)15(26-16(27)14-8-24-17(28)25-14)10-3-6-13(20)12(7-10)18(21,22)23/h1-7,14-15H,8H2,(H,26,27)(H2,24,25,28)/t14?,15-/m1/s1. The SMILES string of the molecule is O=C1NCC(C(=O)N[C@H](c2ccc(Cl)cc2)c2ccc(F)c(C(F)(F)F)c2)N1. The Kier molecular flexibility index (Phi) is 5.46. The molecular weight excluding hydrogens is 402 g/mol. The third kappa shape index (κ3) is 4.36. The fourth-order valence-corrected chi connectivity index (χ4v) is 2.94. The smallest absolute Gasteiger partial charge is 0.343 e. The van der Waals surface area contributed by atoms with Crippen LogP contribution in [0.5, 0.6) is 0 Å². The van der Waals surface area contributed by atoms with Gasteiger partial charge in [-0.1, -0.05) is 29.8 Å². The number of carbonyl (C=O) groups excluding carboxylic acids is 2. The molecule has 0 spiro atoms. The van der Waals surface area contributed by atoms with Crippen molar-refractivity contribution in [3.63, 3.8) is 0 Å². The number of benzene rings is 2. The van der Waals surface area contributed by atoms with Crippen molar-refractivity contribution in [3.05, 3.63) is 70.0 Å². The van der Waals surface area contributed by atoms with Crippen LogP contribution in [0, 0.1) is 5.82 Å². The summed E-state index contributed by atoms with van der Waals surface area (Å²) in [5.41, 5.74) is -0.967. The van der Waals surface area contributed by atoms with Crippen molar-refractivity contribution in [1.29, 1.82) is 0 Å². The fourth-order valence-electron chi connectivity index (χ4n) is 2.81. The van der Waals surface area contributed by atoms with E-state index in [-0.39, 0.29) is 12.1 Å². The Morgan fingerprint density at radius 3 is 2.36 bits per heavy atom. The zero-order chi connectivity index (χ0) is 20.5. The Hall–Kier alpha value is -2.81. The number of alkyl halides is 3. The summed E-state index contributed by atoms with van der Waals surface area (Å²) in [6, 6.07) is 6.21. The first-order valence-corrected chi connectivity index (χ1v) is 8.50. The third-order valence-corrected chi connectivity index (χ3v) is 4.46. The molecule has 1 heterocycles. The van der Waals surface area contributed by atoms with Crippen molar-refractivity contribution in [3.8, 4) is 0 Å². The average molecular weight is 416 g/mol. The van der Waals surface area contributed by atoms with E-state index in [0.717, 1.165) is 6.07 Å². The summed E-state index contributed by atoms with van der Waals surface area (Å²) in [5, 5.41) is 7.82. The summed E-state index contributed by atoms with van der Waals surface area (Å²) in [7, 11) is 0. The molecular formula is C18H14ClF4N3O2. The van der Waals surface area contributed by atoms with Gasteiger partial charge in [-0.05, 0) is 35.4 Å². The normalized spacial score (nSPS) is 17.6. The monoisotopic (exact) mass is 415 g/mol. The number of nitrogens with one attached hydrogen (secondary N) is 3. The van der Waals surface area contributed by atoms with Crippen LogP contribution in [0.2, 0.25) is 5.02 Å². The number of hydrogen-bond acceptors (Lipinski definition) is 2. The maximum absolute atomic E-state index is 13.7. The summed E-state index contributed by atoms with van der Waals surface area (Å²) in [6.07, 6.45) is -4.89. The molecule has 1 fully saturated rings. The fraction of sp³-hybridized carbons (Fsp3) is 0.222. The largest absolute Gasteiger partial charge is 0.419 e. The van der Waals surface area contributed by atoms with Crippen LogP contribution >= 0.6 is 11.6 Å². The molecule has 0 bridgehead atoms. The summed E-state index contributed by atoms with van der Waals surface area (Å²) >= 11 is 5.85. The number of urea groups is 1. The van der Waals surface area contributed by atoms with E-state index in [2.05, 4.69) is 16.0 Å². The van der Waals surface area contributed by atoms with E-state index in [1.807, 2.05) is 0 Å². The highest BCUT2D eigenvalue weighted by molar-refractivity contribution is 6.30. The van der Waals surface area contributed by atoms with E-state index < -0.39 is 41.6 Å². The Morgan fingerprint density at radius 2 is 1.79 bits per heavy atom.